The van der Waals surface area contributed by atoms with Crippen LogP contribution in [0, 0.1) is 17.8 Å². The van der Waals surface area contributed by atoms with Gasteiger partial charge in [0.15, 0.2) is 0 Å². The molecule has 4 nitrogen and oxygen atoms in total. The smallest absolute Gasteiger partial charge is 0.234 e. The van der Waals surface area contributed by atoms with Gasteiger partial charge in [-0.1, -0.05) is 26.7 Å². The maximum atomic E-state index is 12.4. The maximum Gasteiger partial charge on any atom is 0.234 e. The number of carbonyl (C=O) groups excluding carboxylic acids is 1. The van der Waals surface area contributed by atoms with Crippen LogP contribution in [0.15, 0.2) is 0 Å². The summed E-state index contributed by atoms with van der Waals surface area (Å²) in [6.07, 6.45) is 6.21. The largest absolute Gasteiger partial charge is 0.352 e. The quantitative estimate of drug-likeness (QED) is 0.831. The predicted molar refractivity (Wildman–Crippen MR) is 85.1 cm³/mol. The lowest BCUT2D eigenvalue weighted by Crippen LogP contribution is -2.51. The number of likely N-dealkylation sites (tertiary alicyclic amines) is 1. The van der Waals surface area contributed by atoms with Gasteiger partial charge in [0.1, 0.15) is 0 Å². The van der Waals surface area contributed by atoms with Crippen molar-refractivity contribution in [1.29, 1.82) is 0 Å². The van der Waals surface area contributed by atoms with Gasteiger partial charge in [0.25, 0.3) is 0 Å². The van der Waals surface area contributed by atoms with E-state index in [-0.39, 0.29) is 5.91 Å². The fourth-order valence-corrected chi connectivity index (χ4v) is 4.51. The Morgan fingerprint density at radius 3 is 2.95 bits per heavy atom. The van der Waals surface area contributed by atoms with Crippen molar-refractivity contribution in [3.8, 4) is 0 Å². The van der Waals surface area contributed by atoms with Crippen molar-refractivity contribution in [3.05, 3.63) is 0 Å². The van der Waals surface area contributed by atoms with Crippen LogP contribution in [0.3, 0.4) is 0 Å². The Balaban J connectivity index is 1.45. The lowest BCUT2D eigenvalue weighted by molar-refractivity contribution is -0.124. The van der Waals surface area contributed by atoms with Crippen LogP contribution in [0.5, 0.6) is 0 Å². The van der Waals surface area contributed by atoms with E-state index in [1.54, 1.807) is 0 Å². The van der Waals surface area contributed by atoms with Gasteiger partial charge in [-0.25, -0.2) is 0 Å². The Kier molecular flexibility index (Phi) is 4.85. The average molecular weight is 293 g/mol. The molecule has 0 aromatic heterocycles. The topological polar surface area (TPSA) is 44.4 Å². The minimum Gasteiger partial charge on any atom is -0.352 e. The summed E-state index contributed by atoms with van der Waals surface area (Å²) in [6.45, 7) is 8.54. The molecule has 3 rings (SSSR count). The molecule has 1 amide bonds. The molecule has 0 aromatic carbocycles. The van der Waals surface area contributed by atoms with Crippen molar-refractivity contribution in [2.45, 2.75) is 58.0 Å². The van der Waals surface area contributed by atoms with Crippen LogP contribution in [0.1, 0.15) is 46.0 Å². The molecular weight excluding hydrogens is 262 g/mol. The standard InChI is InChI=1S/C17H31N3O/c1-12-4-3-5-15(13(12)2)19-17(21)11-20-9-7-16-14(10-20)6-8-18-16/h12-16,18H,3-11H2,1-2H3,(H,19,21). The lowest BCUT2D eigenvalue weighted by atomic mass is 9.78. The normalized spacial score (nSPS) is 40.8. The minimum absolute atomic E-state index is 0.241. The van der Waals surface area contributed by atoms with Crippen molar-refractivity contribution in [3.63, 3.8) is 0 Å². The second-order valence-electron chi connectivity index (χ2n) is 7.57. The summed E-state index contributed by atoms with van der Waals surface area (Å²) in [6, 6.07) is 1.11. The molecule has 0 radical (unpaired) electrons. The number of nitrogens with one attached hydrogen (secondary N) is 2. The van der Waals surface area contributed by atoms with Crippen LogP contribution in [-0.4, -0.2) is 49.1 Å². The summed E-state index contributed by atoms with van der Waals surface area (Å²) in [5, 5.41) is 6.89. The predicted octanol–water partition coefficient (Wildman–Crippen LogP) is 1.61. The van der Waals surface area contributed by atoms with Gasteiger partial charge < -0.3 is 10.6 Å². The molecule has 5 unspecified atom stereocenters. The molecule has 0 spiro atoms. The van der Waals surface area contributed by atoms with Crippen molar-refractivity contribution < 1.29 is 4.79 Å². The van der Waals surface area contributed by atoms with Crippen LogP contribution in [0.25, 0.3) is 0 Å². The molecule has 2 heterocycles. The summed E-state index contributed by atoms with van der Waals surface area (Å²) < 4.78 is 0. The van der Waals surface area contributed by atoms with Gasteiger partial charge in [-0.2, -0.15) is 0 Å². The first-order valence-electron chi connectivity index (χ1n) is 8.88. The number of amides is 1. The second-order valence-corrected chi connectivity index (χ2v) is 7.57. The van der Waals surface area contributed by atoms with Gasteiger partial charge in [-0.15, -0.1) is 0 Å². The molecule has 0 bridgehead atoms. The van der Waals surface area contributed by atoms with Crippen molar-refractivity contribution in [1.82, 2.24) is 15.5 Å². The van der Waals surface area contributed by atoms with E-state index in [1.807, 2.05) is 0 Å². The highest BCUT2D eigenvalue weighted by molar-refractivity contribution is 5.78. The van der Waals surface area contributed by atoms with E-state index >= 15 is 0 Å². The minimum atomic E-state index is 0.241. The van der Waals surface area contributed by atoms with E-state index in [0.29, 0.717) is 24.5 Å². The van der Waals surface area contributed by atoms with Crippen molar-refractivity contribution in [2.24, 2.45) is 17.8 Å². The third-order valence-electron chi connectivity index (χ3n) is 6.16. The third-order valence-corrected chi connectivity index (χ3v) is 6.16. The van der Waals surface area contributed by atoms with Crippen LogP contribution in [0.4, 0.5) is 0 Å². The summed E-state index contributed by atoms with van der Waals surface area (Å²) in [7, 11) is 0. The van der Waals surface area contributed by atoms with Crippen LogP contribution < -0.4 is 10.6 Å². The van der Waals surface area contributed by atoms with Crippen LogP contribution in [0.2, 0.25) is 0 Å². The van der Waals surface area contributed by atoms with Crippen molar-refractivity contribution >= 4 is 5.91 Å². The van der Waals surface area contributed by atoms with Gasteiger partial charge in [-0.05, 0) is 43.6 Å². The van der Waals surface area contributed by atoms with Gasteiger partial charge in [-0.3, -0.25) is 9.69 Å². The van der Waals surface area contributed by atoms with E-state index < -0.39 is 0 Å². The highest BCUT2D eigenvalue weighted by Gasteiger charge is 2.34. The molecule has 5 atom stereocenters. The molecule has 1 aliphatic carbocycles. The number of carbonyl (C=O) groups is 1. The number of fused-ring (bicyclic) bond motifs is 1. The Morgan fingerprint density at radius 2 is 2.10 bits per heavy atom. The first-order chi connectivity index (χ1) is 10.1. The zero-order chi connectivity index (χ0) is 14.8. The number of rotatable bonds is 3. The van der Waals surface area contributed by atoms with Crippen molar-refractivity contribution in [2.75, 3.05) is 26.2 Å². The molecule has 2 aliphatic heterocycles. The highest BCUT2D eigenvalue weighted by Crippen LogP contribution is 2.29. The summed E-state index contributed by atoms with van der Waals surface area (Å²) in [5.41, 5.74) is 0. The second kappa shape index (κ2) is 6.66. The van der Waals surface area contributed by atoms with Crippen LogP contribution >= 0.6 is 0 Å². The average Bonchev–Trinajstić information content (AvgIpc) is 2.91. The van der Waals surface area contributed by atoms with E-state index in [9.17, 15) is 4.79 Å². The zero-order valence-corrected chi connectivity index (χ0v) is 13.6. The first kappa shape index (κ1) is 15.3. The van der Waals surface area contributed by atoms with E-state index in [0.717, 1.165) is 37.9 Å². The molecule has 21 heavy (non-hydrogen) atoms. The van der Waals surface area contributed by atoms with Gasteiger partial charge in [0.2, 0.25) is 5.91 Å². The molecule has 120 valence electrons. The first-order valence-corrected chi connectivity index (χ1v) is 8.88. The fraction of sp³-hybridized carbons (Fsp3) is 0.941. The molecule has 4 heteroatoms. The van der Waals surface area contributed by atoms with Gasteiger partial charge >= 0.3 is 0 Å². The molecule has 0 aromatic rings. The highest BCUT2D eigenvalue weighted by atomic mass is 16.2. The number of hydrogen-bond acceptors (Lipinski definition) is 3. The Labute approximate surface area is 129 Å². The summed E-state index contributed by atoms with van der Waals surface area (Å²) in [4.78, 5) is 14.7. The van der Waals surface area contributed by atoms with E-state index in [4.69, 9.17) is 0 Å². The monoisotopic (exact) mass is 293 g/mol. The lowest BCUT2D eigenvalue weighted by Gasteiger charge is -2.37. The van der Waals surface area contributed by atoms with E-state index in [2.05, 4.69) is 29.4 Å². The summed E-state index contributed by atoms with van der Waals surface area (Å²) in [5.74, 6) is 2.36. The number of nitrogens with zero attached hydrogens (tertiary/aromatic N) is 1. The molecular formula is C17H31N3O. The SMILES string of the molecule is CC1CCCC(NC(=O)CN2CCC3NCCC3C2)C1C. The third kappa shape index (κ3) is 3.59. The molecule has 1 saturated carbocycles. The Bertz CT molecular complexity index is 373. The number of piperidine rings is 1. The fourth-order valence-electron chi connectivity index (χ4n) is 4.51. The molecule has 3 fully saturated rings. The summed E-state index contributed by atoms with van der Waals surface area (Å²) >= 11 is 0. The molecule has 2 saturated heterocycles. The van der Waals surface area contributed by atoms with E-state index in [1.165, 1.54) is 25.7 Å². The van der Waals surface area contributed by atoms with Crippen LogP contribution in [-0.2, 0) is 4.79 Å². The zero-order valence-electron chi connectivity index (χ0n) is 13.6. The van der Waals surface area contributed by atoms with Gasteiger partial charge in [0.05, 0.1) is 6.54 Å². The number of hydrogen-bond donors (Lipinski definition) is 2. The molecule has 3 aliphatic rings. The molecule has 2 N–H and O–H groups in total. The van der Waals surface area contributed by atoms with Gasteiger partial charge in [0, 0.05) is 25.2 Å². The Morgan fingerprint density at radius 1 is 1.24 bits per heavy atom. The maximum absolute atomic E-state index is 12.4. The Hall–Kier alpha value is -0.610.